The molecular formula is C21H28N2. The number of hydrogen-bond donors (Lipinski definition) is 2. The second-order valence-electron chi connectivity index (χ2n) is 6.94. The molecule has 0 aromatic heterocycles. The van der Waals surface area contributed by atoms with E-state index in [-0.39, 0.29) is 11.6 Å². The molecule has 3 unspecified atom stereocenters. The SMILES string of the molecule is CCC=C[C@]1(C)C2CC=CC=C2NC(Nc2ccccc2)C1C. The highest BCUT2D eigenvalue weighted by atomic mass is 15.2. The van der Waals surface area contributed by atoms with Crippen molar-refractivity contribution in [3.05, 3.63) is 66.4 Å². The average Bonchev–Trinajstić information content (AvgIpc) is 2.59. The summed E-state index contributed by atoms with van der Waals surface area (Å²) in [6, 6.07) is 10.5. The van der Waals surface area contributed by atoms with Crippen molar-refractivity contribution in [3.8, 4) is 0 Å². The van der Waals surface area contributed by atoms with Crippen molar-refractivity contribution in [2.75, 3.05) is 5.32 Å². The minimum Gasteiger partial charge on any atom is -0.368 e. The smallest absolute Gasteiger partial charge is 0.0996 e. The lowest BCUT2D eigenvalue weighted by Crippen LogP contribution is -2.56. The van der Waals surface area contributed by atoms with Crippen molar-refractivity contribution in [2.45, 2.75) is 39.8 Å². The van der Waals surface area contributed by atoms with Gasteiger partial charge < -0.3 is 10.6 Å². The molecule has 1 aromatic carbocycles. The number of hydrogen-bond acceptors (Lipinski definition) is 2. The molecule has 1 aromatic rings. The number of rotatable bonds is 4. The van der Waals surface area contributed by atoms with Gasteiger partial charge in [-0.05, 0) is 31.1 Å². The molecular weight excluding hydrogens is 280 g/mol. The largest absolute Gasteiger partial charge is 0.368 e. The van der Waals surface area contributed by atoms with E-state index in [2.05, 4.69) is 92.1 Å². The lowest BCUT2D eigenvalue weighted by atomic mass is 9.61. The molecule has 4 atom stereocenters. The summed E-state index contributed by atoms with van der Waals surface area (Å²) in [5, 5.41) is 7.44. The van der Waals surface area contributed by atoms with Crippen LogP contribution in [0.1, 0.15) is 33.6 Å². The van der Waals surface area contributed by atoms with Crippen LogP contribution in [0.4, 0.5) is 5.69 Å². The Morgan fingerprint density at radius 2 is 2.09 bits per heavy atom. The van der Waals surface area contributed by atoms with Crippen LogP contribution in [0.5, 0.6) is 0 Å². The van der Waals surface area contributed by atoms with Gasteiger partial charge in [0.1, 0.15) is 0 Å². The van der Waals surface area contributed by atoms with Crippen molar-refractivity contribution in [1.29, 1.82) is 0 Å². The Balaban J connectivity index is 1.91. The molecule has 1 saturated heterocycles. The monoisotopic (exact) mass is 308 g/mol. The number of benzene rings is 1. The fourth-order valence-corrected chi connectivity index (χ4v) is 3.86. The topological polar surface area (TPSA) is 24.1 Å². The highest BCUT2D eigenvalue weighted by Crippen LogP contribution is 2.48. The third kappa shape index (κ3) is 3.08. The van der Waals surface area contributed by atoms with Crippen molar-refractivity contribution in [3.63, 3.8) is 0 Å². The van der Waals surface area contributed by atoms with Crippen LogP contribution in [0.15, 0.2) is 66.4 Å². The van der Waals surface area contributed by atoms with E-state index in [9.17, 15) is 0 Å². The molecule has 3 rings (SSSR count). The Labute approximate surface area is 140 Å². The van der Waals surface area contributed by atoms with Gasteiger partial charge in [0.25, 0.3) is 0 Å². The summed E-state index contributed by atoms with van der Waals surface area (Å²) in [6.45, 7) is 6.99. The summed E-state index contributed by atoms with van der Waals surface area (Å²) in [5.41, 5.74) is 2.69. The zero-order valence-electron chi connectivity index (χ0n) is 14.4. The van der Waals surface area contributed by atoms with E-state index in [1.807, 2.05) is 0 Å². The molecule has 1 aliphatic carbocycles. The van der Waals surface area contributed by atoms with Gasteiger partial charge in [0, 0.05) is 28.6 Å². The number of fused-ring (bicyclic) bond motifs is 1. The summed E-state index contributed by atoms with van der Waals surface area (Å²) in [4.78, 5) is 0. The van der Waals surface area contributed by atoms with Gasteiger partial charge in [0.05, 0.1) is 6.17 Å². The molecule has 0 spiro atoms. The zero-order chi connectivity index (χ0) is 16.3. The summed E-state index contributed by atoms with van der Waals surface area (Å²) in [6.07, 6.45) is 14.0. The second kappa shape index (κ2) is 6.66. The van der Waals surface area contributed by atoms with Crippen molar-refractivity contribution in [1.82, 2.24) is 5.32 Å². The van der Waals surface area contributed by atoms with Crippen molar-refractivity contribution < 1.29 is 0 Å². The molecule has 122 valence electrons. The molecule has 0 amide bonds. The van der Waals surface area contributed by atoms with Crippen LogP contribution in [0, 0.1) is 17.3 Å². The highest BCUT2D eigenvalue weighted by molar-refractivity contribution is 5.44. The predicted octanol–water partition coefficient (Wildman–Crippen LogP) is 5.10. The van der Waals surface area contributed by atoms with E-state index in [0.29, 0.717) is 11.8 Å². The minimum atomic E-state index is 0.157. The van der Waals surface area contributed by atoms with Crippen LogP contribution >= 0.6 is 0 Å². The molecule has 0 bridgehead atoms. The first-order valence-corrected chi connectivity index (χ1v) is 8.77. The third-order valence-electron chi connectivity index (χ3n) is 5.52. The van der Waals surface area contributed by atoms with Gasteiger partial charge in [-0.1, -0.05) is 63.3 Å². The lowest BCUT2D eigenvalue weighted by Gasteiger charge is -2.51. The van der Waals surface area contributed by atoms with Gasteiger partial charge in [0.15, 0.2) is 0 Å². The van der Waals surface area contributed by atoms with Crippen LogP contribution in [-0.2, 0) is 0 Å². The standard InChI is InChI=1S/C21H28N2/c1-4-5-15-21(3)16(2)20(22-17-11-7-6-8-12-17)23-19-14-10-9-13-18(19)21/h5-12,14-16,18,20,22-23H,4,13H2,1-3H3/t16?,18?,20?,21-/m0/s1. The quantitative estimate of drug-likeness (QED) is 0.756. The Morgan fingerprint density at radius 1 is 1.30 bits per heavy atom. The van der Waals surface area contributed by atoms with Crippen LogP contribution in [-0.4, -0.2) is 6.17 Å². The van der Waals surface area contributed by atoms with Crippen LogP contribution in [0.3, 0.4) is 0 Å². The fourth-order valence-electron chi connectivity index (χ4n) is 3.86. The Bertz CT molecular complexity index is 614. The number of anilines is 1. The Kier molecular flexibility index (Phi) is 4.61. The zero-order valence-corrected chi connectivity index (χ0v) is 14.4. The van der Waals surface area contributed by atoms with E-state index in [0.717, 1.165) is 12.8 Å². The number of piperidine rings is 1. The summed E-state index contributed by atoms with van der Waals surface area (Å²) in [7, 11) is 0. The lowest BCUT2D eigenvalue weighted by molar-refractivity contribution is 0.118. The van der Waals surface area contributed by atoms with Gasteiger partial charge in [-0.3, -0.25) is 0 Å². The van der Waals surface area contributed by atoms with Crippen molar-refractivity contribution in [2.24, 2.45) is 17.3 Å². The van der Waals surface area contributed by atoms with Gasteiger partial charge in [-0.15, -0.1) is 0 Å². The minimum absolute atomic E-state index is 0.157. The number of para-hydroxylation sites is 1. The molecule has 23 heavy (non-hydrogen) atoms. The summed E-state index contributed by atoms with van der Waals surface area (Å²) < 4.78 is 0. The molecule has 0 saturated carbocycles. The molecule has 0 radical (unpaired) electrons. The fraction of sp³-hybridized carbons (Fsp3) is 0.429. The number of nitrogens with one attached hydrogen (secondary N) is 2. The van der Waals surface area contributed by atoms with E-state index < -0.39 is 0 Å². The molecule has 1 fully saturated rings. The van der Waals surface area contributed by atoms with Crippen LogP contribution in [0.2, 0.25) is 0 Å². The molecule has 2 aliphatic rings. The van der Waals surface area contributed by atoms with Gasteiger partial charge in [-0.25, -0.2) is 0 Å². The molecule has 2 N–H and O–H groups in total. The predicted molar refractivity (Wildman–Crippen MR) is 99.0 cm³/mol. The second-order valence-corrected chi connectivity index (χ2v) is 6.94. The Morgan fingerprint density at radius 3 is 2.83 bits per heavy atom. The van der Waals surface area contributed by atoms with Gasteiger partial charge in [0.2, 0.25) is 0 Å². The van der Waals surface area contributed by atoms with Crippen LogP contribution in [0.25, 0.3) is 0 Å². The van der Waals surface area contributed by atoms with Gasteiger partial charge >= 0.3 is 0 Å². The first kappa shape index (κ1) is 15.9. The highest BCUT2D eigenvalue weighted by Gasteiger charge is 2.46. The van der Waals surface area contributed by atoms with E-state index >= 15 is 0 Å². The Hall–Kier alpha value is -1.96. The summed E-state index contributed by atoms with van der Waals surface area (Å²) in [5.74, 6) is 1.03. The first-order valence-electron chi connectivity index (χ1n) is 8.77. The average molecular weight is 308 g/mol. The molecule has 1 aliphatic heterocycles. The first-order chi connectivity index (χ1) is 11.1. The third-order valence-corrected chi connectivity index (χ3v) is 5.52. The maximum absolute atomic E-state index is 3.75. The summed E-state index contributed by atoms with van der Waals surface area (Å²) >= 11 is 0. The van der Waals surface area contributed by atoms with Crippen LogP contribution < -0.4 is 10.6 Å². The van der Waals surface area contributed by atoms with E-state index in [1.165, 1.54) is 11.4 Å². The van der Waals surface area contributed by atoms with Gasteiger partial charge in [-0.2, -0.15) is 0 Å². The van der Waals surface area contributed by atoms with E-state index in [1.54, 1.807) is 0 Å². The number of allylic oxidation sites excluding steroid dienone is 6. The maximum Gasteiger partial charge on any atom is 0.0996 e. The molecule has 1 heterocycles. The maximum atomic E-state index is 3.75. The molecule has 2 nitrogen and oxygen atoms in total. The molecule has 2 heteroatoms. The van der Waals surface area contributed by atoms with Crippen molar-refractivity contribution >= 4 is 5.69 Å². The van der Waals surface area contributed by atoms with E-state index in [4.69, 9.17) is 0 Å². The normalized spacial score (nSPS) is 33.0.